The molecule has 1 nitrogen and oxygen atoms in total. The van der Waals surface area contributed by atoms with Gasteiger partial charge in [-0.1, -0.05) is 0 Å². The van der Waals surface area contributed by atoms with Gasteiger partial charge < -0.3 is 0 Å². The topological polar surface area (TPSA) is 17.1 Å². The summed E-state index contributed by atoms with van der Waals surface area (Å²) in [6.45, 7) is 0. The van der Waals surface area contributed by atoms with Crippen LogP contribution >= 0.6 is 0 Å². The summed E-state index contributed by atoms with van der Waals surface area (Å²) < 4.78 is 8.22. The molecule has 0 bridgehead atoms. The molecular weight excluding hydrogens is 287 g/mol. The van der Waals surface area contributed by atoms with Gasteiger partial charge in [0.2, 0.25) is 0 Å². The summed E-state index contributed by atoms with van der Waals surface area (Å²) in [6.07, 6.45) is 0. The number of hydrogen-bond donors (Lipinski definition) is 0. The number of rotatable bonds is 0. The average molecular weight is 287 g/mol. The van der Waals surface area contributed by atoms with Crippen molar-refractivity contribution in [3.05, 3.63) is 0 Å². The van der Waals surface area contributed by atoms with Crippen molar-refractivity contribution in [2.75, 3.05) is 0 Å². The van der Waals surface area contributed by atoms with E-state index in [1.54, 1.807) is 0 Å². The Morgan fingerprint density at radius 2 is 1.25 bits per heavy atom. The van der Waals surface area contributed by atoms with E-state index in [1.165, 1.54) is 0 Å². The van der Waals surface area contributed by atoms with Gasteiger partial charge in [0.15, 0.2) is 0 Å². The summed E-state index contributed by atoms with van der Waals surface area (Å²) in [4.78, 5) is 0. The molecule has 0 saturated carbocycles. The molecular formula is OPtSiTi. The van der Waals surface area contributed by atoms with E-state index in [2.05, 4.69) is 0 Å². The molecule has 0 rings (SSSR count). The van der Waals surface area contributed by atoms with Gasteiger partial charge >= 0.3 is 23.2 Å². The van der Waals surface area contributed by atoms with E-state index < -0.39 is 0 Å². The zero-order valence-corrected chi connectivity index (χ0v) is 6.56. The first-order valence-electron chi connectivity index (χ1n) is 0.129. The van der Waals surface area contributed by atoms with Crippen LogP contribution in [0, 0.1) is 0 Å². The van der Waals surface area contributed by atoms with Crippen molar-refractivity contribution in [1.29, 1.82) is 0 Å². The van der Waals surface area contributed by atoms with Gasteiger partial charge in [-0.2, -0.15) is 0 Å². The van der Waals surface area contributed by atoms with Gasteiger partial charge in [0.1, 0.15) is 0 Å². The average Bonchev–Trinajstić information content (AvgIpc) is 1.00. The van der Waals surface area contributed by atoms with E-state index in [-0.39, 0.29) is 32.7 Å². The molecule has 4 radical (unpaired) electrons. The second-order valence-corrected chi connectivity index (χ2v) is 0. The Morgan fingerprint density at radius 3 is 1.25 bits per heavy atom. The Bertz CT molecular complexity index is 8.00. The van der Waals surface area contributed by atoms with Gasteiger partial charge in [-0.15, -0.1) is 0 Å². The quantitative estimate of drug-likeness (QED) is 0.549. The van der Waals surface area contributed by atoms with Crippen LogP contribution in [0.5, 0.6) is 0 Å². The molecule has 24 valence electrons. The smallest absolute Gasteiger partial charge is 0 e. The second kappa shape index (κ2) is 25.6. The molecule has 4 heteroatoms. The van der Waals surface area contributed by atoms with Gasteiger partial charge in [-0.25, -0.2) is 0 Å². The fourth-order valence-corrected chi connectivity index (χ4v) is 0. The third-order valence-corrected chi connectivity index (χ3v) is 0. The van der Waals surface area contributed by atoms with Crippen molar-refractivity contribution < 1.29 is 44.9 Å². The molecule has 0 unspecified atom stereocenters. The van der Waals surface area contributed by atoms with Crippen molar-refractivity contribution >= 4 is 11.0 Å². The minimum absolute atomic E-state index is 0. The van der Waals surface area contributed by atoms with Crippen molar-refractivity contribution in [3.63, 3.8) is 0 Å². The van der Waals surface area contributed by atoms with Gasteiger partial charge in [0, 0.05) is 32.7 Å². The summed E-state index contributed by atoms with van der Waals surface area (Å²) in [5.74, 6) is 0. The van der Waals surface area contributed by atoms with Crippen LogP contribution in [0.3, 0.4) is 0 Å². The Hall–Kier alpha value is 1.42. The molecule has 0 spiro atoms. The molecule has 0 aliphatic rings. The van der Waals surface area contributed by atoms with E-state index in [9.17, 15) is 0 Å². The normalized spacial score (nSPS) is 1.50. The molecule has 0 amide bonds. The summed E-state index contributed by atoms with van der Waals surface area (Å²) in [6, 6.07) is 0. The van der Waals surface area contributed by atoms with Crippen molar-refractivity contribution in [2.24, 2.45) is 0 Å². The molecule has 4 heavy (non-hydrogen) atoms. The third kappa shape index (κ3) is 9.93. The molecule has 0 fully saturated rings. The first-order valence-corrected chi connectivity index (χ1v) is 1.06. The van der Waals surface area contributed by atoms with E-state index in [0.717, 1.165) is 19.8 Å². The molecule has 0 atom stereocenters. The predicted molar refractivity (Wildman–Crippen MR) is 6.44 cm³/mol. The van der Waals surface area contributed by atoms with Crippen LogP contribution in [0.4, 0.5) is 0 Å². The molecule has 0 heterocycles. The van der Waals surface area contributed by atoms with Crippen LogP contribution in [0.25, 0.3) is 0 Å². The third-order valence-electron chi connectivity index (χ3n) is 0. The second-order valence-electron chi connectivity index (χ2n) is 0. The Balaban J connectivity index is -0.00000000500. The van der Waals surface area contributed by atoms with Crippen LogP contribution in [-0.4, -0.2) is 11.0 Å². The summed E-state index contributed by atoms with van der Waals surface area (Å²) in [7, 11) is 0. The minimum Gasteiger partial charge on any atom is 0 e. The molecule has 0 aliphatic heterocycles. The predicted octanol–water partition coefficient (Wildman–Crippen LogP) is -0.505. The molecule has 0 aromatic heterocycles. The zero-order chi connectivity index (χ0) is 2.00. The summed E-state index contributed by atoms with van der Waals surface area (Å²) in [5, 5.41) is 0. The van der Waals surface area contributed by atoms with E-state index in [1.807, 2.05) is 0 Å². The minimum atomic E-state index is 0. The maximum atomic E-state index is 8.22. The van der Waals surface area contributed by atoms with Crippen LogP contribution in [0.2, 0.25) is 0 Å². The van der Waals surface area contributed by atoms with E-state index >= 15 is 0 Å². The molecule has 0 saturated heterocycles. The molecule has 0 aromatic rings. The first kappa shape index (κ1) is 18.1. The Morgan fingerprint density at radius 1 is 1.25 bits per heavy atom. The van der Waals surface area contributed by atoms with Gasteiger partial charge in [-0.05, 0) is 0 Å². The fraction of sp³-hybridized carbons (Fsp3) is 0. The summed E-state index contributed by atoms with van der Waals surface area (Å²) >= 11 is 0.889. The SMILES string of the molecule is [O]=[Pt].[Si].[Ti]. The van der Waals surface area contributed by atoms with Crippen molar-refractivity contribution in [3.8, 4) is 0 Å². The van der Waals surface area contributed by atoms with Crippen molar-refractivity contribution in [2.45, 2.75) is 0 Å². The van der Waals surface area contributed by atoms with E-state index in [4.69, 9.17) is 3.40 Å². The first-order chi connectivity index (χ1) is 1.00. The maximum Gasteiger partial charge on any atom is 0 e. The van der Waals surface area contributed by atoms with Crippen LogP contribution in [-0.2, 0) is 44.9 Å². The Labute approximate surface area is 55.7 Å². The zero-order valence-electron chi connectivity index (χ0n) is 1.72. The largest absolute Gasteiger partial charge is 0 e. The van der Waals surface area contributed by atoms with E-state index in [0.29, 0.717) is 0 Å². The summed E-state index contributed by atoms with van der Waals surface area (Å²) in [5.41, 5.74) is 0. The standard InChI is InChI=1S/O.Pt.Si.Ti. The molecule has 0 aliphatic carbocycles. The Kier molecular flexibility index (Phi) is 116. The fourth-order valence-electron chi connectivity index (χ4n) is 0. The van der Waals surface area contributed by atoms with Gasteiger partial charge in [-0.3, -0.25) is 0 Å². The van der Waals surface area contributed by atoms with Crippen LogP contribution in [0.1, 0.15) is 0 Å². The number of hydrogen-bond acceptors (Lipinski definition) is 1. The van der Waals surface area contributed by atoms with Crippen LogP contribution < -0.4 is 0 Å². The van der Waals surface area contributed by atoms with Crippen molar-refractivity contribution in [1.82, 2.24) is 0 Å². The van der Waals surface area contributed by atoms with Gasteiger partial charge in [0.05, 0.1) is 0 Å². The monoisotopic (exact) mass is 287 g/mol. The van der Waals surface area contributed by atoms with Gasteiger partial charge in [0.25, 0.3) is 0 Å². The van der Waals surface area contributed by atoms with Crippen LogP contribution in [0.15, 0.2) is 0 Å². The molecule has 0 N–H and O–H groups in total. The maximum absolute atomic E-state index is 8.22. The molecule has 0 aromatic carbocycles.